The molecule has 2 atom stereocenters. The first kappa shape index (κ1) is 20.9. The van der Waals surface area contributed by atoms with E-state index in [0.29, 0.717) is 37.5 Å². The number of hydrogen-bond acceptors (Lipinski definition) is 3. The van der Waals surface area contributed by atoms with Gasteiger partial charge in [-0.2, -0.15) is 18.3 Å². The molecule has 2 aromatic heterocycles. The summed E-state index contributed by atoms with van der Waals surface area (Å²) in [5.74, 6) is -0.933. The van der Waals surface area contributed by atoms with Gasteiger partial charge in [-0.15, -0.1) is 0 Å². The van der Waals surface area contributed by atoms with Gasteiger partial charge in [-0.1, -0.05) is 6.92 Å². The van der Waals surface area contributed by atoms with Crippen molar-refractivity contribution in [2.75, 3.05) is 13.1 Å². The van der Waals surface area contributed by atoms with Crippen molar-refractivity contribution in [3.05, 3.63) is 29.2 Å². The van der Waals surface area contributed by atoms with Crippen molar-refractivity contribution >= 4 is 11.7 Å². The molecule has 30 heavy (non-hydrogen) atoms. The summed E-state index contributed by atoms with van der Waals surface area (Å²) in [6.07, 6.45) is -3.07. The van der Waals surface area contributed by atoms with Gasteiger partial charge in [0, 0.05) is 36.7 Å². The maximum absolute atomic E-state index is 13.0. The van der Waals surface area contributed by atoms with Gasteiger partial charge in [0.1, 0.15) is 0 Å². The molecule has 0 radical (unpaired) electrons. The summed E-state index contributed by atoms with van der Waals surface area (Å²) in [4.78, 5) is 17.5. The number of likely N-dealkylation sites (tertiary alicyclic amines) is 1. The van der Waals surface area contributed by atoms with Crippen molar-refractivity contribution in [3.8, 4) is 0 Å². The highest BCUT2D eigenvalue weighted by atomic mass is 19.4. The third-order valence-electron chi connectivity index (χ3n) is 6.82. The summed E-state index contributed by atoms with van der Waals surface area (Å²) >= 11 is 0. The Morgan fingerprint density at radius 1 is 1.17 bits per heavy atom. The minimum absolute atomic E-state index is 0.00208. The van der Waals surface area contributed by atoms with Crippen LogP contribution >= 0.6 is 0 Å². The van der Waals surface area contributed by atoms with E-state index in [4.69, 9.17) is 5.10 Å². The number of nitrogens with zero attached hydrogens (tertiary/aromatic N) is 4. The highest BCUT2D eigenvalue weighted by Crippen LogP contribution is 2.43. The molecule has 1 saturated carbocycles. The van der Waals surface area contributed by atoms with Crippen LogP contribution < -0.4 is 0 Å². The summed E-state index contributed by atoms with van der Waals surface area (Å²) < 4.78 is 40.8. The summed E-state index contributed by atoms with van der Waals surface area (Å²) in [7, 11) is 0. The van der Waals surface area contributed by atoms with Crippen LogP contribution in [0.3, 0.4) is 0 Å². The molecule has 1 amide bonds. The molecular formula is C21H27F3N4O2. The van der Waals surface area contributed by atoms with E-state index in [0.717, 1.165) is 23.5 Å². The summed E-state index contributed by atoms with van der Waals surface area (Å²) in [6, 6.07) is 3.84. The monoisotopic (exact) mass is 424 g/mol. The van der Waals surface area contributed by atoms with E-state index in [9.17, 15) is 23.1 Å². The number of carboxylic acid groups (broad SMARTS) is 1. The quantitative estimate of drug-likeness (QED) is 0.738. The van der Waals surface area contributed by atoms with Crippen LogP contribution in [0.2, 0.25) is 0 Å². The topological polar surface area (TPSA) is 70.7 Å². The lowest BCUT2D eigenvalue weighted by Crippen LogP contribution is -2.42. The lowest BCUT2D eigenvalue weighted by molar-refractivity contribution is -0.182. The summed E-state index contributed by atoms with van der Waals surface area (Å²) in [5.41, 5.74) is 3.21. The average molecular weight is 424 g/mol. The molecule has 6 nitrogen and oxygen atoms in total. The van der Waals surface area contributed by atoms with E-state index in [2.05, 4.69) is 11.9 Å². The number of amides is 1. The molecule has 1 aliphatic heterocycles. The standard InChI is InChI=1S/C21H27F3N4O2/c1-12-7-8-27(20(29)30)11-16(12)18-9-13(2)25-19-10-17(26-28(18)19)14-3-5-15(6-4-14)21(22,23)24/h9-10,12,14-16H,3-8,11H2,1-2H3,(H,29,30)/t12-,14-,15-,16-/m1/s1. The van der Waals surface area contributed by atoms with Gasteiger partial charge in [-0.25, -0.2) is 14.3 Å². The Balaban J connectivity index is 1.63. The molecule has 3 heterocycles. The van der Waals surface area contributed by atoms with Crippen LogP contribution in [0.25, 0.3) is 5.65 Å². The van der Waals surface area contributed by atoms with Crippen LogP contribution in [0.1, 0.15) is 67.9 Å². The third-order valence-corrected chi connectivity index (χ3v) is 6.82. The number of halogens is 3. The molecule has 164 valence electrons. The maximum atomic E-state index is 13.0. The second-order valence-corrected chi connectivity index (χ2v) is 8.85. The SMILES string of the molecule is Cc1cc([C@@H]2CN(C(=O)O)CC[C@H]2C)n2nc([C@H]3CC[C@H](C(F)(F)F)CC3)cc2n1. The Morgan fingerprint density at radius 3 is 2.50 bits per heavy atom. The van der Waals surface area contributed by atoms with Gasteiger partial charge < -0.3 is 10.0 Å². The van der Waals surface area contributed by atoms with Gasteiger partial charge in [0.25, 0.3) is 0 Å². The van der Waals surface area contributed by atoms with Gasteiger partial charge in [0.05, 0.1) is 17.3 Å². The van der Waals surface area contributed by atoms with Crippen LogP contribution in [0.15, 0.2) is 12.1 Å². The predicted molar refractivity (Wildman–Crippen MR) is 105 cm³/mol. The van der Waals surface area contributed by atoms with E-state index in [1.54, 1.807) is 4.52 Å². The van der Waals surface area contributed by atoms with Gasteiger partial charge in [-0.3, -0.25) is 0 Å². The molecule has 0 unspecified atom stereocenters. The van der Waals surface area contributed by atoms with Crippen molar-refractivity contribution in [1.82, 2.24) is 19.5 Å². The van der Waals surface area contributed by atoms with Gasteiger partial charge >= 0.3 is 12.3 Å². The number of hydrogen-bond donors (Lipinski definition) is 1. The van der Waals surface area contributed by atoms with E-state index < -0.39 is 18.2 Å². The molecule has 4 rings (SSSR count). The number of piperidine rings is 1. The fourth-order valence-corrected chi connectivity index (χ4v) is 4.95. The Labute approximate surface area is 173 Å². The lowest BCUT2D eigenvalue weighted by Gasteiger charge is -2.35. The zero-order valence-electron chi connectivity index (χ0n) is 17.2. The number of aryl methyl sites for hydroxylation is 1. The highest BCUT2D eigenvalue weighted by molar-refractivity contribution is 5.65. The number of fused-ring (bicyclic) bond motifs is 1. The van der Waals surface area contributed by atoms with Crippen molar-refractivity contribution < 1.29 is 23.1 Å². The second kappa shape index (κ2) is 7.74. The average Bonchev–Trinajstić information content (AvgIpc) is 3.11. The Kier molecular flexibility index (Phi) is 5.40. The molecule has 1 aliphatic carbocycles. The molecule has 0 bridgehead atoms. The molecule has 2 fully saturated rings. The first-order valence-corrected chi connectivity index (χ1v) is 10.5. The smallest absolute Gasteiger partial charge is 0.407 e. The molecule has 0 aromatic carbocycles. The van der Waals surface area contributed by atoms with E-state index in [1.807, 2.05) is 19.1 Å². The highest BCUT2D eigenvalue weighted by Gasteiger charge is 2.42. The zero-order valence-corrected chi connectivity index (χ0v) is 17.2. The maximum Gasteiger partial charge on any atom is 0.407 e. The molecule has 2 aromatic rings. The Morgan fingerprint density at radius 2 is 1.87 bits per heavy atom. The Hall–Kier alpha value is -2.32. The summed E-state index contributed by atoms with van der Waals surface area (Å²) in [6.45, 7) is 4.94. The Bertz CT molecular complexity index is 934. The van der Waals surface area contributed by atoms with Gasteiger partial charge in [-0.05, 0) is 51.0 Å². The largest absolute Gasteiger partial charge is 0.465 e. The van der Waals surface area contributed by atoms with Gasteiger partial charge in [0.15, 0.2) is 5.65 Å². The first-order chi connectivity index (χ1) is 14.1. The molecule has 0 spiro atoms. The van der Waals surface area contributed by atoms with E-state index >= 15 is 0 Å². The van der Waals surface area contributed by atoms with Crippen LogP contribution in [0.4, 0.5) is 18.0 Å². The zero-order chi connectivity index (χ0) is 21.6. The second-order valence-electron chi connectivity index (χ2n) is 8.85. The van der Waals surface area contributed by atoms with Crippen molar-refractivity contribution in [1.29, 1.82) is 0 Å². The van der Waals surface area contributed by atoms with Crippen molar-refractivity contribution in [2.24, 2.45) is 11.8 Å². The minimum atomic E-state index is -4.12. The first-order valence-electron chi connectivity index (χ1n) is 10.5. The molecule has 9 heteroatoms. The number of carbonyl (C=O) groups is 1. The van der Waals surface area contributed by atoms with Gasteiger partial charge in [0.2, 0.25) is 0 Å². The molecule has 2 aliphatic rings. The van der Waals surface area contributed by atoms with Crippen molar-refractivity contribution in [3.63, 3.8) is 0 Å². The normalized spacial score (nSPS) is 28.1. The molecular weight excluding hydrogens is 397 g/mol. The van der Waals surface area contributed by atoms with Crippen LogP contribution in [0.5, 0.6) is 0 Å². The number of alkyl halides is 3. The molecule has 1 N–H and O–H groups in total. The van der Waals surface area contributed by atoms with Crippen molar-refractivity contribution in [2.45, 2.75) is 64.0 Å². The van der Waals surface area contributed by atoms with Crippen LogP contribution in [-0.2, 0) is 0 Å². The number of rotatable bonds is 2. The van der Waals surface area contributed by atoms with E-state index in [1.165, 1.54) is 4.90 Å². The third kappa shape index (κ3) is 3.98. The minimum Gasteiger partial charge on any atom is -0.465 e. The lowest BCUT2D eigenvalue weighted by atomic mass is 9.80. The molecule has 1 saturated heterocycles. The van der Waals surface area contributed by atoms with E-state index in [-0.39, 0.29) is 24.7 Å². The fourth-order valence-electron chi connectivity index (χ4n) is 4.95. The summed E-state index contributed by atoms with van der Waals surface area (Å²) in [5, 5.41) is 14.2. The van der Waals surface area contributed by atoms with Crippen LogP contribution in [-0.4, -0.2) is 50.0 Å². The predicted octanol–water partition coefficient (Wildman–Crippen LogP) is 4.98. The number of aromatic nitrogens is 3. The van der Waals surface area contributed by atoms with Crippen LogP contribution in [0, 0.1) is 18.8 Å². The fraction of sp³-hybridized carbons (Fsp3) is 0.667.